The Kier molecular flexibility index (Phi) is 4.49. The second kappa shape index (κ2) is 6.13. The van der Waals surface area contributed by atoms with E-state index in [0.717, 1.165) is 38.5 Å². The number of amides is 1. The first kappa shape index (κ1) is 14.6. The number of nitrogens with zero attached hydrogens (tertiary/aromatic N) is 1. The summed E-state index contributed by atoms with van der Waals surface area (Å²) in [5, 5.41) is 8.88. The second-order valence-corrected chi connectivity index (χ2v) is 5.56. The molecule has 20 heavy (non-hydrogen) atoms. The first-order valence-electron chi connectivity index (χ1n) is 6.72. The first-order valence-corrected chi connectivity index (χ1v) is 7.12. The van der Waals surface area contributed by atoms with E-state index < -0.39 is 5.54 Å². The minimum Gasteiger partial charge on any atom is -0.391 e. The zero-order valence-electron chi connectivity index (χ0n) is 11.1. The molecule has 0 bridgehead atoms. The van der Waals surface area contributed by atoms with Crippen LogP contribution in [0.25, 0.3) is 0 Å². The van der Waals surface area contributed by atoms with Crippen LogP contribution in [-0.4, -0.2) is 26.6 Å². The predicted octanol–water partition coefficient (Wildman–Crippen LogP) is 0.879. The van der Waals surface area contributed by atoms with Crippen molar-refractivity contribution < 1.29 is 4.79 Å². The molecule has 7 heteroatoms. The average Bonchev–Trinajstić information content (AvgIpc) is 2.66. The van der Waals surface area contributed by atoms with E-state index in [1.807, 2.05) is 0 Å². The third kappa shape index (κ3) is 3.22. The molecule has 0 spiro atoms. The van der Waals surface area contributed by atoms with E-state index in [1.54, 1.807) is 0 Å². The number of H-pyrrole nitrogens is 1. The monoisotopic (exact) mass is 294 g/mol. The maximum absolute atomic E-state index is 12.2. The van der Waals surface area contributed by atoms with E-state index in [0.29, 0.717) is 4.99 Å². The van der Waals surface area contributed by atoms with Gasteiger partial charge in [-0.25, -0.2) is 5.10 Å². The number of rotatable bonds is 3. The quantitative estimate of drug-likeness (QED) is 0.567. The van der Waals surface area contributed by atoms with Gasteiger partial charge in [0.05, 0.1) is 10.5 Å². The largest absolute Gasteiger partial charge is 0.391 e. The number of carbonyl (C=O) groups is 1. The zero-order chi connectivity index (χ0) is 14.6. The summed E-state index contributed by atoms with van der Waals surface area (Å²) in [5.41, 5.74) is 5.03. The number of aromatic amines is 1. The van der Waals surface area contributed by atoms with Gasteiger partial charge in [0, 0.05) is 6.07 Å². The van der Waals surface area contributed by atoms with Gasteiger partial charge < -0.3 is 11.1 Å². The van der Waals surface area contributed by atoms with Crippen molar-refractivity contribution in [3.8, 4) is 0 Å². The molecule has 2 rings (SSSR count). The number of nitrogens with two attached hydrogens (primary N) is 1. The Morgan fingerprint density at radius 3 is 2.45 bits per heavy atom. The predicted molar refractivity (Wildman–Crippen MR) is 79.5 cm³/mol. The fraction of sp³-hybridized carbons (Fsp3) is 0.538. The lowest BCUT2D eigenvalue weighted by Crippen LogP contribution is -2.56. The fourth-order valence-electron chi connectivity index (χ4n) is 2.52. The molecule has 4 N–H and O–H groups in total. The molecule has 0 radical (unpaired) electrons. The van der Waals surface area contributed by atoms with Crippen molar-refractivity contribution in [2.45, 2.75) is 44.1 Å². The molecule has 1 amide bonds. The summed E-state index contributed by atoms with van der Waals surface area (Å²) in [5.74, 6) is -0.365. The maximum Gasteiger partial charge on any atom is 0.272 e. The topological polar surface area (TPSA) is 101 Å². The van der Waals surface area contributed by atoms with Gasteiger partial charge in [0.25, 0.3) is 11.5 Å². The number of hydrogen-bond donors (Lipinski definition) is 3. The van der Waals surface area contributed by atoms with Crippen LogP contribution < -0.4 is 16.6 Å². The third-order valence-electron chi connectivity index (χ3n) is 3.69. The molecule has 0 aromatic carbocycles. The summed E-state index contributed by atoms with van der Waals surface area (Å²) >= 11 is 5.16. The van der Waals surface area contributed by atoms with E-state index >= 15 is 0 Å². The van der Waals surface area contributed by atoms with Crippen molar-refractivity contribution in [1.29, 1.82) is 0 Å². The Morgan fingerprint density at radius 2 is 1.95 bits per heavy atom. The zero-order valence-corrected chi connectivity index (χ0v) is 12.0. The van der Waals surface area contributed by atoms with Gasteiger partial charge in [-0.05, 0) is 18.9 Å². The summed E-state index contributed by atoms with van der Waals surface area (Å²) in [6.45, 7) is 0. The van der Waals surface area contributed by atoms with Crippen molar-refractivity contribution in [1.82, 2.24) is 15.5 Å². The normalized spacial score (nSPS) is 18.0. The highest BCUT2D eigenvalue weighted by atomic mass is 32.1. The van der Waals surface area contributed by atoms with Gasteiger partial charge in [0.15, 0.2) is 0 Å². The minimum absolute atomic E-state index is 0.157. The van der Waals surface area contributed by atoms with Crippen LogP contribution >= 0.6 is 12.2 Å². The molecule has 1 heterocycles. The standard InChI is InChI=1S/C13H18N4O2S/c14-12(20)13(7-3-1-2-4-8-13)15-11(19)9-5-6-10(18)17-16-9/h5-6H,1-4,7-8H2,(H2,14,20)(H,15,19)(H,17,18). The van der Waals surface area contributed by atoms with Crippen molar-refractivity contribution >= 4 is 23.1 Å². The van der Waals surface area contributed by atoms with Gasteiger partial charge in [-0.2, -0.15) is 5.10 Å². The number of carbonyl (C=O) groups excluding carboxylic acids is 1. The summed E-state index contributed by atoms with van der Waals surface area (Å²) in [4.78, 5) is 23.5. The molecule has 0 saturated heterocycles. The lowest BCUT2D eigenvalue weighted by Gasteiger charge is -2.32. The number of hydrogen-bond acceptors (Lipinski definition) is 4. The fourth-order valence-corrected chi connectivity index (χ4v) is 2.77. The van der Waals surface area contributed by atoms with Crippen LogP contribution in [-0.2, 0) is 0 Å². The Hall–Kier alpha value is -1.76. The van der Waals surface area contributed by atoms with Crippen LogP contribution in [0.3, 0.4) is 0 Å². The SMILES string of the molecule is NC(=S)C1(NC(=O)c2ccc(=O)[nH]n2)CCCCCC1. The van der Waals surface area contributed by atoms with Gasteiger partial charge in [0.2, 0.25) is 0 Å². The number of nitrogens with one attached hydrogen (secondary N) is 2. The molecule has 1 aromatic rings. The molecule has 6 nitrogen and oxygen atoms in total. The maximum atomic E-state index is 12.2. The van der Waals surface area contributed by atoms with Crippen LogP contribution in [0.15, 0.2) is 16.9 Å². The highest BCUT2D eigenvalue weighted by molar-refractivity contribution is 7.80. The lowest BCUT2D eigenvalue weighted by atomic mass is 9.90. The Balaban J connectivity index is 2.19. The molecule has 108 valence electrons. The van der Waals surface area contributed by atoms with Crippen LogP contribution in [0.5, 0.6) is 0 Å². The van der Waals surface area contributed by atoms with Gasteiger partial charge in [0.1, 0.15) is 5.69 Å². The molecule has 1 aliphatic rings. The lowest BCUT2D eigenvalue weighted by molar-refractivity contribution is 0.0911. The highest BCUT2D eigenvalue weighted by Gasteiger charge is 2.36. The van der Waals surface area contributed by atoms with E-state index in [4.69, 9.17) is 18.0 Å². The smallest absolute Gasteiger partial charge is 0.272 e. The van der Waals surface area contributed by atoms with Gasteiger partial charge in [-0.15, -0.1) is 0 Å². The number of thiocarbonyl (C=S) groups is 1. The van der Waals surface area contributed by atoms with Gasteiger partial charge in [-0.1, -0.05) is 37.9 Å². The van der Waals surface area contributed by atoms with Crippen LogP contribution in [0.4, 0.5) is 0 Å². The summed E-state index contributed by atoms with van der Waals surface area (Å²) in [6.07, 6.45) is 5.70. The molecular formula is C13H18N4O2S. The average molecular weight is 294 g/mol. The summed E-state index contributed by atoms with van der Waals surface area (Å²) in [6, 6.07) is 2.65. The molecule has 1 fully saturated rings. The highest BCUT2D eigenvalue weighted by Crippen LogP contribution is 2.27. The van der Waals surface area contributed by atoms with Crippen LogP contribution in [0, 0.1) is 0 Å². The molecule has 0 unspecified atom stereocenters. The van der Waals surface area contributed by atoms with E-state index in [-0.39, 0.29) is 17.2 Å². The third-order valence-corrected chi connectivity index (χ3v) is 4.08. The van der Waals surface area contributed by atoms with Gasteiger partial charge >= 0.3 is 0 Å². The Bertz CT molecular complexity index is 541. The molecule has 1 saturated carbocycles. The van der Waals surface area contributed by atoms with Crippen molar-refractivity contribution in [3.05, 3.63) is 28.2 Å². The number of aromatic nitrogens is 2. The van der Waals surface area contributed by atoms with E-state index in [1.165, 1.54) is 12.1 Å². The van der Waals surface area contributed by atoms with Crippen LogP contribution in [0.1, 0.15) is 49.0 Å². The minimum atomic E-state index is -0.638. The summed E-state index contributed by atoms with van der Waals surface area (Å²) in [7, 11) is 0. The first-order chi connectivity index (χ1) is 9.53. The van der Waals surface area contributed by atoms with E-state index in [2.05, 4.69) is 15.5 Å². The molecule has 1 aliphatic carbocycles. The van der Waals surface area contributed by atoms with E-state index in [9.17, 15) is 9.59 Å². The second-order valence-electron chi connectivity index (χ2n) is 5.12. The van der Waals surface area contributed by atoms with Crippen LogP contribution in [0.2, 0.25) is 0 Å². The Morgan fingerprint density at radius 1 is 1.30 bits per heavy atom. The molecule has 0 atom stereocenters. The summed E-state index contributed by atoms with van der Waals surface area (Å²) < 4.78 is 0. The Labute approximate surface area is 122 Å². The molecular weight excluding hydrogens is 276 g/mol. The van der Waals surface area contributed by atoms with Crippen molar-refractivity contribution in [2.24, 2.45) is 5.73 Å². The molecule has 1 aromatic heterocycles. The van der Waals surface area contributed by atoms with Crippen molar-refractivity contribution in [2.75, 3.05) is 0 Å². The van der Waals surface area contributed by atoms with Gasteiger partial charge in [-0.3, -0.25) is 9.59 Å². The van der Waals surface area contributed by atoms with Crippen molar-refractivity contribution in [3.63, 3.8) is 0 Å². The molecule has 0 aliphatic heterocycles.